The Balaban J connectivity index is 2.15. The predicted molar refractivity (Wildman–Crippen MR) is 69.9 cm³/mol. The standard InChI is InChI=1S/C13H14N2O2S/c1-7(2)5-8-6-11(16)17-10-4-3-9-13(12(8)10)15-18-14-9/h3-4,7-8H,5-6H2,1-2H3/t8-/m1/s1. The summed E-state index contributed by atoms with van der Waals surface area (Å²) < 4.78 is 13.9. The number of ether oxygens (including phenoxy) is 1. The van der Waals surface area contributed by atoms with Gasteiger partial charge in [-0.05, 0) is 24.5 Å². The molecule has 0 N–H and O–H groups in total. The van der Waals surface area contributed by atoms with Gasteiger partial charge in [-0.1, -0.05) is 13.8 Å². The molecule has 1 aliphatic heterocycles. The van der Waals surface area contributed by atoms with Crippen LogP contribution in [0.15, 0.2) is 12.1 Å². The van der Waals surface area contributed by atoms with E-state index in [4.69, 9.17) is 4.74 Å². The number of hydrogen-bond acceptors (Lipinski definition) is 5. The number of rotatable bonds is 2. The number of benzene rings is 1. The Morgan fingerprint density at radius 1 is 1.44 bits per heavy atom. The zero-order chi connectivity index (χ0) is 12.7. The molecule has 1 atom stereocenters. The molecule has 94 valence electrons. The number of nitrogens with zero attached hydrogens (tertiary/aromatic N) is 2. The van der Waals surface area contributed by atoms with Crippen LogP contribution in [0.25, 0.3) is 11.0 Å². The van der Waals surface area contributed by atoms with Gasteiger partial charge in [0.05, 0.1) is 18.1 Å². The van der Waals surface area contributed by atoms with E-state index in [-0.39, 0.29) is 11.9 Å². The van der Waals surface area contributed by atoms with E-state index < -0.39 is 0 Å². The molecule has 2 heterocycles. The number of fused-ring (bicyclic) bond motifs is 3. The SMILES string of the molecule is CC(C)C[C@@H]1CC(=O)Oc2ccc3nsnc3c21. The number of aromatic nitrogens is 2. The molecule has 5 heteroatoms. The minimum atomic E-state index is -0.143. The highest BCUT2D eigenvalue weighted by Gasteiger charge is 2.30. The average molecular weight is 262 g/mol. The largest absolute Gasteiger partial charge is 0.426 e. The molecule has 0 amide bonds. The molecular formula is C13H14N2O2S. The fourth-order valence-corrected chi connectivity index (χ4v) is 3.12. The van der Waals surface area contributed by atoms with Gasteiger partial charge in [0.25, 0.3) is 0 Å². The number of hydrogen-bond donors (Lipinski definition) is 0. The normalized spacial score (nSPS) is 19.1. The van der Waals surface area contributed by atoms with Gasteiger partial charge >= 0.3 is 5.97 Å². The third kappa shape index (κ3) is 1.88. The molecule has 0 radical (unpaired) electrons. The first-order valence-corrected chi connectivity index (χ1v) is 6.84. The van der Waals surface area contributed by atoms with Crippen molar-refractivity contribution in [3.63, 3.8) is 0 Å². The maximum absolute atomic E-state index is 11.6. The van der Waals surface area contributed by atoms with Crippen LogP contribution < -0.4 is 4.74 Å². The topological polar surface area (TPSA) is 52.1 Å². The fourth-order valence-electron chi connectivity index (χ4n) is 2.57. The van der Waals surface area contributed by atoms with E-state index in [1.807, 2.05) is 12.1 Å². The molecule has 4 nitrogen and oxygen atoms in total. The summed E-state index contributed by atoms with van der Waals surface area (Å²) in [7, 11) is 0. The van der Waals surface area contributed by atoms with E-state index in [0.717, 1.165) is 23.0 Å². The zero-order valence-corrected chi connectivity index (χ0v) is 11.2. The van der Waals surface area contributed by atoms with Gasteiger partial charge in [0.2, 0.25) is 0 Å². The van der Waals surface area contributed by atoms with Gasteiger partial charge in [0.15, 0.2) is 0 Å². The van der Waals surface area contributed by atoms with E-state index in [9.17, 15) is 4.79 Å². The Morgan fingerprint density at radius 3 is 3.06 bits per heavy atom. The summed E-state index contributed by atoms with van der Waals surface area (Å²) >= 11 is 1.21. The number of carbonyl (C=O) groups excluding carboxylic acids is 1. The second-order valence-electron chi connectivity index (χ2n) is 5.11. The molecule has 0 spiro atoms. The minimum Gasteiger partial charge on any atom is -0.426 e. The van der Waals surface area contributed by atoms with Crippen molar-refractivity contribution in [1.82, 2.24) is 8.75 Å². The Hall–Kier alpha value is -1.49. The summed E-state index contributed by atoms with van der Waals surface area (Å²) in [5.74, 6) is 1.26. The maximum Gasteiger partial charge on any atom is 0.311 e. The van der Waals surface area contributed by atoms with Gasteiger partial charge < -0.3 is 4.74 Å². The molecule has 1 aromatic heterocycles. The Bertz CT molecular complexity index is 606. The molecule has 0 unspecified atom stereocenters. The van der Waals surface area contributed by atoms with E-state index in [0.29, 0.717) is 18.1 Å². The zero-order valence-electron chi connectivity index (χ0n) is 10.3. The molecule has 0 bridgehead atoms. The van der Waals surface area contributed by atoms with E-state index in [1.54, 1.807) is 0 Å². The Kier molecular flexibility index (Phi) is 2.78. The van der Waals surface area contributed by atoms with Crippen molar-refractivity contribution in [2.75, 3.05) is 0 Å². The lowest BCUT2D eigenvalue weighted by molar-refractivity contribution is -0.136. The number of carbonyl (C=O) groups is 1. The molecule has 18 heavy (non-hydrogen) atoms. The van der Waals surface area contributed by atoms with Gasteiger partial charge in [0.1, 0.15) is 16.8 Å². The highest BCUT2D eigenvalue weighted by atomic mass is 32.1. The third-order valence-electron chi connectivity index (χ3n) is 3.23. The molecule has 3 rings (SSSR count). The molecule has 0 aliphatic carbocycles. The van der Waals surface area contributed by atoms with E-state index in [1.165, 1.54) is 11.7 Å². The van der Waals surface area contributed by atoms with Crippen LogP contribution in [0.2, 0.25) is 0 Å². The summed E-state index contributed by atoms with van der Waals surface area (Å²) in [5.41, 5.74) is 2.86. The molecule has 2 aromatic rings. The lowest BCUT2D eigenvalue weighted by atomic mass is 9.85. The van der Waals surface area contributed by atoms with Crippen LogP contribution in [-0.4, -0.2) is 14.7 Å². The van der Waals surface area contributed by atoms with Gasteiger partial charge in [0, 0.05) is 11.5 Å². The fraction of sp³-hybridized carbons (Fsp3) is 0.462. The first-order valence-electron chi connectivity index (χ1n) is 6.11. The smallest absolute Gasteiger partial charge is 0.311 e. The van der Waals surface area contributed by atoms with Crippen molar-refractivity contribution in [3.8, 4) is 5.75 Å². The van der Waals surface area contributed by atoms with Crippen molar-refractivity contribution in [2.45, 2.75) is 32.6 Å². The molecule has 0 saturated carbocycles. The first-order chi connectivity index (χ1) is 8.65. The minimum absolute atomic E-state index is 0.143. The molecule has 0 fully saturated rings. The van der Waals surface area contributed by atoms with Crippen LogP contribution in [-0.2, 0) is 4.79 Å². The lowest BCUT2D eigenvalue weighted by Gasteiger charge is -2.25. The van der Waals surface area contributed by atoms with Crippen LogP contribution in [0.5, 0.6) is 5.75 Å². The third-order valence-corrected chi connectivity index (χ3v) is 3.77. The van der Waals surface area contributed by atoms with Crippen LogP contribution in [0.3, 0.4) is 0 Å². The van der Waals surface area contributed by atoms with Crippen LogP contribution in [0.1, 0.15) is 38.2 Å². The monoisotopic (exact) mass is 262 g/mol. The molecule has 1 aliphatic rings. The molecular weight excluding hydrogens is 248 g/mol. The summed E-state index contributed by atoms with van der Waals surface area (Å²) in [6.07, 6.45) is 1.42. The van der Waals surface area contributed by atoms with Crippen LogP contribution in [0.4, 0.5) is 0 Å². The van der Waals surface area contributed by atoms with Gasteiger partial charge in [-0.15, -0.1) is 0 Å². The Labute approximate surface area is 109 Å². The quantitative estimate of drug-likeness (QED) is 0.616. The maximum atomic E-state index is 11.6. The second kappa shape index (κ2) is 4.31. The van der Waals surface area contributed by atoms with Crippen molar-refractivity contribution < 1.29 is 9.53 Å². The van der Waals surface area contributed by atoms with Gasteiger partial charge in [-0.2, -0.15) is 8.75 Å². The number of esters is 1. The summed E-state index contributed by atoms with van der Waals surface area (Å²) in [5, 5.41) is 0. The second-order valence-corrected chi connectivity index (χ2v) is 5.64. The van der Waals surface area contributed by atoms with Crippen LogP contribution in [0, 0.1) is 5.92 Å². The highest BCUT2D eigenvalue weighted by Crippen LogP contribution is 2.41. The summed E-state index contributed by atoms with van der Waals surface area (Å²) in [6.45, 7) is 4.33. The highest BCUT2D eigenvalue weighted by molar-refractivity contribution is 7.00. The van der Waals surface area contributed by atoms with Crippen molar-refractivity contribution >= 4 is 28.7 Å². The molecule has 0 saturated heterocycles. The summed E-state index contributed by atoms with van der Waals surface area (Å²) in [4.78, 5) is 11.6. The van der Waals surface area contributed by atoms with Crippen molar-refractivity contribution in [3.05, 3.63) is 17.7 Å². The van der Waals surface area contributed by atoms with Crippen LogP contribution >= 0.6 is 11.7 Å². The van der Waals surface area contributed by atoms with Gasteiger partial charge in [-0.25, -0.2) is 0 Å². The predicted octanol–water partition coefficient (Wildman–Crippen LogP) is 3.13. The van der Waals surface area contributed by atoms with Crippen molar-refractivity contribution in [1.29, 1.82) is 0 Å². The van der Waals surface area contributed by atoms with Crippen molar-refractivity contribution in [2.24, 2.45) is 5.92 Å². The summed E-state index contributed by atoms with van der Waals surface area (Å²) in [6, 6.07) is 3.70. The first kappa shape index (κ1) is 11.6. The average Bonchev–Trinajstić information content (AvgIpc) is 2.75. The molecule has 1 aromatic carbocycles. The van der Waals surface area contributed by atoms with E-state index >= 15 is 0 Å². The van der Waals surface area contributed by atoms with Gasteiger partial charge in [-0.3, -0.25) is 4.79 Å². The lowest BCUT2D eigenvalue weighted by Crippen LogP contribution is -2.21. The van der Waals surface area contributed by atoms with E-state index in [2.05, 4.69) is 22.6 Å². The Morgan fingerprint density at radius 2 is 2.28 bits per heavy atom.